The molecule has 2 heterocycles. The molecule has 0 radical (unpaired) electrons. The number of nitrogens with zero attached hydrogens (tertiary/aromatic N) is 4. The number of fused-ring (bicyclic) bond motifs is 1. The van der Waals surface area contributed by atoms with Crippen LogP contribution in [0.4, 0.5) is 5.69 Å². The van der Waals surface area contributed by atoms with Crippen LogP contribution in [-0.4, -0.2) is 62.0 Å². The van der Waals surface area contributed by atoms with Crippen molar-refractivity contribution >= 4 is 23.6 Å². The minimum Gasteiger partial charge on any atom is -0.497 e. The summed E-state index contributed by atoms with van der Waals surface area (Å²) in [5, 5.41) is 5.33. The lowest BCUT2D eigenvalue weighted by Gasteiger charge is -2.44. The number of aromatic nitrogens is 2. The third-order valence-corrected chi connectivity index (χ3v) is 7.89. The van der Waals surface area contributed by atoms with E-state index < -0.39 is 0 Å². The Hall–Kier alpha value is -2.85. The van der Waals surface area contributed by atoms with Crippen LogP contribution in [0.1, 0.15) is 40.9 Å². The molecule has 1 fully saturated rings. The summed E-state index contributed by atoms with van der Waals surface area (Å²) in [6.07, 6.45) is 4.35. The number of methoxy groups -OCH3 is 1. The summed E-state index contributed by atoms with van der Waals surface area (Å²) in [6.45, 7) is 1.62. The fourth-order valence-electron chi connectivity index (χ4n) is 5.36. The fourth-order valence-corrected chi connectivity index (χ4v) is 5.91. The highest BCUT2D eigenvalue weighted by Crippen LogP contribution is 2.44. The van der Waals surface area contributed by atoms with Gasteiger partial charge in [-0.3, -0.25) is 4.79 Å². The minimum atomic E-state index is -0.0803. The first kappa shape index (κ1) is 24.8. The van der Waals surface area contributed by atoms with E-state index in [0.29, 0.717) is 23.7 Å². The first-order chi connectivity index (χ1) is 17.5. The lowest BCUT2D eigenvalue weighted by Crippen LogP contribution is -2.43. The molecular formula is C27H32N4O4S. The third kappa shape index (κ3) is 4.52. The van der Waals surface area contributed by atoms with Crippen LogP contribution in [0.15, 0.2) is 53.6 Å². The average molecular weight is 509 g/mol. The molecular weight excluding hydrogens is 476 g/mol. The molecule has 9 heteroatoms. The van der Waals surface area contributed by atoms with Crippen molar-refractivity contribution in [2.45, 2.75) is 36.1 Å². The second-order valence-electron chi connectivity index (χ2n) is 9.69. The van der Waals surface area contributed by atoms with Crippen LogP contribution in [0.3, 0.4) is 0 Å². The number of carbonyl (C=O) groups is 1. The monoisotopic (exact) mass is 508 g/mol. The topological polar surface area (TPSA) is 69.1 Å². The number of hydrogen-bond donors (Lipinski definition) is 0. The van der Waals surface area contributed by atoms with Crippen LogP contribution >= 0.6 is 12.0 Å². The smallest absolute Gasteiger partial charge is 0.277 e. The number of ether oxygens (including phenoxy) is 1. The van der Waals surface area contributed by atoms with Crippen molar-refractivity contribution in [1.29, 1.82) is 0 Å². The van der Waals surface area contributed by atoms with Gasteiger partial charge in [0.25, 0.3) is 5.91 Å². The Bertz CT molecular complexity index is 1220. The van der Waals surface area contributed by atoms with E-state index in [1.165, 1.54) is 31.9 Å². The molecule has 2 aliphatic rings. The molecule has 2 aromatic carbocycles. The summed E-state index contributed by atoms with van der Waals surface area (Å²) in [5.41, 5.74) is 4.67. The fraction of sp³-hybridized carbons (Fsp3) is 0.407. The van der Waals surface area contributed by atoms with Crippen LogP contribution in [0, 0.1) is 0 Å². The van der Waals surface area contributed by atoms with Crippen molar-refractivity contribution in [1.82, 2.24) is 14.7 Å². The lowest BCUT2D eigenvalue weighted by molar-refractivity contribution is -0.160. The molecule has 5 rings (SSSR count). The highest BCUT2D eigenvalue weighted by atomic mass is 32.2. The Kier molecular flexibility index (Phi) is 7.07. The van der Waals surface area contributed by atoms with Crippen molar-refractivity contribution < 1.29 is 18.8 Å². The summed E-state index contributed by atoms with van der Waals surface area (Å²) in [7, 11) is 7.34. The summed E-state index contributed by atoms with van der Waals surface area (Å²) < 4.78 is 12.1. The van der Waals surface area contributed by atoms with Crippen LogP contribution in [0.25, 0.3) is 5.69 Å². The number of amides is 1. The largest absolute Gasteiger partial charge is 0.497 e. The normalized spacial score (nSPS) is 16.7. The van der Waals surface area contributed by atoms with Crippen molar-refractivity contribution in [2.24, 2.45) is 0 Å². The maximum absolute atomic E-state index is 13.9. The number of likely N-dealkylation sites (N-methyl/N-ethyl adjacent to an activating group) is 1. The van der Waals surface area contributed by atoms with Crippen LogP contribution in [0.5, 0.6) is 5.75 Å². The summed E-state index contributed by atoms with van der Waals surface area (Å²) in [4.78, 5) is 22.8. The van der Waals surface area contributed by atoms with E-state index in [0.717, 1.165) is 41.3 Å². The van der Waals surface area contributed by atoms with Crippen LogP contribution in [-0.2, 0) is 21.1 Å². The van der Waals surface area contributed by atoms with E-state index in [4.69, 9.17) is 19.1 Å². The van der Waals surface area contributed by atoms with Gasteiger partial charge in [0.1, 0.15) is 11.4 Å². The van der Waals surface area contributed by atoms with E-state index in [2.05, 4.69) is 43.3 Å². The predicted octanol–water partition coefficient (Wildman–Crippen LogP) is 4.65. The van der Waals surface area contributed by atoms with Gasteiger partial charge in [-0.1, -0.05) is 18.6 Å². The molecule has 36 heavy (non-hydrogen) atoms. The van der Waals surface area contributed by atoms with Crippen LogP contribution in [0.2, 0.25) is 0 Å². The van der Waals surface area contributed by atoms with Crippen LogP contribution < -0.4 is 9.64 Å². The lowest BCUT2D eigenvalue weighted by atomic mass is 9.64. The number of carbonyl (C=O) groups excluding carboxylic acids is 1. The minimum absolute atomic E-state index is 0.0803. The number of anilines is 1. The average Bonchev–Trinajstić information content (AvgIpc) is 3.25. The Morgan fingerprint density at radius 1 is 1.03 bits per heavy atom. The van der Waals surface area contributed by atoms with E-state index in [1.807, 2.05) is 29.2 Å². The maximum Gasteiger partial charge on any atom is 0.277 e. The number of hydrogen-bond acceptors (Lipinski definition) is 7. The van der Waals surface area contributed by atoms with Crippen molar-refractivity contribution in [3.05, 3.63) is 65.4 Å². The van der Waals surface area contributed by atoms with Gasteiger partial charge in [0.15, 0.2) is 5.03 Å². The Balaban J connectivity index is 1.47. The number of rotatable bonds is 9. The quantitative estimate of drug-likeness (QED) is 0.237. The second-order valence-corrected chi connectivity index (χ2v) is 10.4. The highest BCUT2D eigenvalue weighted by Gasteiger charge is 2.39. The summed E-state index contributed by atoms with van der Waals surface area (Å²) in [6, 6.07) is 16.1. The number of benzene rings is 2. The van der Waals surface area contributed by atoms with Gasteiger partial charge < -0.3 is 14.5 Å². The second kappa shape index (κ2) is 10.3. The molecule has 8 nitrogen and oxygen atoms in total. The molecule has 1 amide bonds. The molecule has 0 N–H and O–H groups in total. The zero-order valence-corrected chi connectivity index (χ0v) is 22.0. The van der Waals surface area contributed by atoms with Gasteiger partial charge in [-0.15, -0.1) is 0 Å². The molecule has 3 aromatic rings. The molecule has 0 unspecified atom stereocenters. The molecule has 190 valence electrons. The van der Waals surface area contributed by atoms with Gasteiger partial charge in [-0.2, -0.15) is 9.43 Å². The van der Waals surface area contributed by atoms with Gasteiger partial charge in [-0.05, 0) is 75.3 Å². The van der Waals surface area contributed by atoms with Gasteiger partial charge >= 0.3 is 0 Å². The molecule has 1 saturated carbocycles. The summed E-state index contributed by atoms with van der Waals surface area (Å²) in [5.74, 6) is 0.659. The first-order valence-corrected chi connectivity index (χ1v) is 12.9. The van der Waals surface area contributed by atoms with E-state index >= 15 is 0 Å². The van der Waals surface area contributed by atoms with Crippen molar-refractivity contribution in [3.8, 4) is 11.4 Å². The Labute approximate surface area is 216 Å². The van der Waals surface area contributed by atoms with Crippen molar-refractivity contribution in [2.75, 3.05) is 46.3 Å². The molecule has 1 aromatic heterocycles. The van der Waals surface area contributed by atoms with Gasteiger partial charge in [0.2, 0.25) is 0 Å². The molecule has 1 aliphatic carbocycles. The van der Waals surface area contributed by atoms with E-state index in [9.17, 15) is 4.79 Å². The standard InChI is InChI=1S/C27H32N4O4S/c1-29(2)18-27(15-5-16-27)19-6-8-20(9-7-19)30-17-14-23-24(26(30)32)31(28-25(23)36-35-34-4)21-10-12-22(33-3)13-11-21/h6-13H,5,14-18H2,1-4H3. The van der Waals surface area contributed by atoms with E-state index in [-0.39, 0.29) is 11.3 Å². The SMILES string of the molecule is COOSc1nn(-c2ccc(OC)cc2)c2c1CCN(c1ccc(C3(CN(C)C)CCC3)cc1)C2=O. The molecule has 0 atom stereocenters. The summed E-state index contributed by atoms with van der Waals surface area (Å²) >= 11 is 1.02. The Morgan fingerprint density at radius 3 is 2.31 bits per heavy atom. The van der Waals surface area contributed by atoms with Gasteiger partial charge in [0, 0.05) is 29.8 Å². The first-order valence-electron chi connectivity index (χ1n) is 12.2. The van der Waals surface area contributed by atoms with Gasteiger partial charge in [0.05, 0.1) is 31.9 Å². The Morgan fingerprint density at radius 2 is 1.72 bits per heavy atom. The predicted molar refractivity (Wildman–Crippen MR) is 140 cm³/mol. The maximum atomic E-state index is 13.9. The van der Waals surface area contributed by atoms with Crippen molar-refractivity contribution in [3.63, 3.8) is 0 Å². The molecule has 1 aliphatic heterocycles. The van der Waals surface area contributed by atoms with Gasteiger partial charge in [-0.25, -0.2) is 9.57 Å². The molecule has 0 saturated heterocycles. The molecule has 0 spiro atoms. The highest BCUT2D eigenvalue weighted by molar-refractivity contribution is 7.94. The van der Waals surface area contributed by atoms with E-state index in [1.54, 1.807) is 11.8 Å². The zero-order valence-electron chi connectivity index (χ0n) is 21.2. The molecule has 0 bridgehead atoms. The zero-order chi connectivity index (χ0) is 25.3. The third-order valence-electron chi connectivity index (χ3n) is 7.20.